The minimum Gasteiger partial charge on any atom is -0.490 e. The van der Waals surface area contributed by atoms with Gasteiger partial charge in [0, 0.05) is 6.20 Å². The van der Waals surface area contributed by atoms with Crippen molar-refractivity contribution in [1.82, 2.24) is 4.98 Å². The number of nitrogens with zero attached hydrogens (tertiary/aromatic N) is 1. The molecule has 1 atom stereocenters. The van der Waals surface area contributed by atoms with E-state index in [-0.39, 0.29) is 5.97 Å². The Morgan fingerprint density at radius 3 is 2.79 bits per heavy atom. The number of pyridine rings is 1. The molecule has 0 saturated carbocycles. The smallest absolute Gasteiger partial charge is 0.331 e. The fraction of sp³-hybridized carbons (Fsp3) is 0.571. The molecule has 1 heterocycles. The molecule has 19 heavy (non-hydrogen) atoms. The molecule has 5 heteroatoms. The van der Waals surface area contributed by atoms with Crippen molar-refractivity contribution >= 4 is 11.8 Å². The number of carbonyl (C=O) groups excluding carboxylic acids is 1. The third-order valence-electron chi connectivity index (χ3n) is 2.85. The van der Waals surface area contributed by atoms with E-state index < -0.39 is 5.54 Å². The maximum atomic E-state index is 11.9. The fourth-order valence-electron chi connectivity index (χ4n) is 1.96. The Labute approximate surface area is 114 Å². The van der Waals surface area contributed by atoms with Crippen molar-refractivity contribution in [2.45, 2.75) is 39.2 Å². The summed E-state index contributed by atoms with van der Waals surface area (Å²) in [6.07, 6.45) is 3.17. The van der Waals surface area contributed by atoms with Crippen molar-refractivity contribution in [1.29, 1.82) is 0 Å². The Bertz CT molecular complexity index is 423. The monoisotopic (exact) mass is 266 g/mol. The Morgan fingerprint density at radius 1 is 1.47 bits per heavy atom. The first-order chi connectivity index (χ1) is 9.07. The molecule has 0 amide bonds. The molecule has 5 nitrogen and oxygen atoms in total. The number of anilines is 1. The summed E-state index contributed by atoms with van der Waals surface area (Å²) in [5, 5.41) is 3.15. The van der Waals surface area contributed by atoms with Crippen LogP contribution in [0.4, 0.5) is 5.82 Å². The van der Waals surface area contributed by atoms with Gasteiger partial charge in [0.25, 0.3) is 0 Å². The van der Waals surface area contributed by atoms with E-state index >= 15 is 0 Å². The van der Waals surface area contributed by atoms with Gasteiger partial charge in [0.2, 0.25) is 0 Å². The fourth-order valence-corrected chi connectivity index (χ4v) is 1.96. The number of rotatable bonds is 7. The van der Waals surface area contributed by atoms with Gasteiger partial charge in [-0.15, -0.1) is 0 Å². The van der Waals surface area contributed by atoms with Gasteiger partial charge in [-0.05, 0) is 32.4 Å². The molecule has 106 valence electrons. The molecule has 1 aromatic rings. The number of nitrogens with one attached hydrogen (secondary N) is 1. The third kappa shape index (κ3) is 3.84. The summed E-state index contributed by atoms with van der Waals surface area (Å²) >= 11 is 0. The summed E-state index contributed by atoms with van der Waals surface area (Å²) < 4.78 is 10.4. The molecule has 0 radical (unpaired) electrons. The number of esters is 1. The topological polar surface area (TPSA) is 60.5 Å². The Kier molecular flexibility index (Phi) is 5.60. The van der Waals surface area contributed by atoms with Gasteiger partial charge in [-0.1, -0.05) is 13.3 Å². The van der Waals surface area contributed by atoms with Gasteiger partial charge in [-0.2, -0.15) is 0 Å². The van der Waals surface area contributed by atoms with Crippen molar-refractivity contribution in [3.05, 3.63) is 18.3 Å². The number of ether oxygens (including phenoxy) is 2. The van der Waals surface area contributed by atoms with Gasteiger partial charge in [0.05, 0.1) is 13.7 Å². The summed E-state index contributed by atoms with van der Waals surface area (Å²) in [6.45, 7) is 6.28. The Morgan fingerprint density at radius 2 is 2.21 bits per heavy atom. The average molecular weight is 266 g/mol. The van der Waals surface area contributed by atoms with Crippen LogP contribution in [0, 0.1) is 0 Å². The number of aromatic nitrogens is 1. The van der Waals surface area contributed by atoms with E-state index in [1.54, 1.807) is 12.3 Å². The van der Waals surface area contributed by atoms with E-state index in [1.807, 2.05) is 26.8 Å². The Balaban J connectivity index is 2.99. The van der Waals surface area contributed by atoms with Crippen molar-refractivity contribution in [3.63, 3.8) is 0 Å². The van der Waals surface area contributed by atoms with E-state index in [9.17, 15) is 4.79 Å². The van der Waals surface area contributed by atoms with Crippen LogP contribution < -0.4 is 10.1 Å². The van der Waals surface area contributed by atoms with Crippen molar-refractivity contribution in [2.75, 3.05) is 19.0 Å². The first-order valence-corrected chi connectivity index (χ1v) is 6.51. The molecule has 0 aliphatic rings. The highest BCUT2D eigenvalue weighted by molar-refractivity contribution is 5.84. The molecule has 1 N–H and O–H groups in total. The van der Waals surface area contributed by atoms with Gasteiger partial charge in [-0.25, -0.2) is 9.78 Å². The normalized spacial score (nSPS) is 13.5. The first-order valence-electron chi connectivity index (χ1n) is 6.51. The molecule has 1 unspecified atom stereocenters. The highest BCUT2D eigenvalue weighted by Gasteiger charge is 2.34. The van der Waals surface area contributed by atoms with Gasteiger partial charge in [0.15, 0.2) is 11.6 Å². The minimum absolute atomic E-state index is 0.303. The summed E-state index contributed by atoms with van der Waals surface area (Å²) in [4.78, 5) is 16.2. The van der Waals surface area contributed by atoms with E-state index in [1.165, 1.54) is 7.11 Å². The van der Waals surface area contributed by atoms with Crippen molar-refractivity contribution in [3.8, 4) is 5.75 Å². The van der Waals surface area contributed by atoms with Crippen LogP contribution in [0.1, 0.15) is 33.6 Å². The number of hydrogen-bond donors (Lipinski definition) is 1. The van der Waals surface area contributed by atoms with Crippen LogP contribution in [0.3, 0.4) is 0 Å². The van der Waals surface area contributed by atoms with Gasteiger partial charge >= 0.3 is 5.97 Å². The molecule has 1 aromatic heterocycles. The van der Waals surface area contributed by atoms with E-state index in [0.717, 1.165) is 6.42 Å². The van der Waals surface area contributed by atoms with Crippen LogP contribution in [-0.4, -0.2) is 30.2 Å². The molecule has 0 aliphatic carbocycles. The lowest BCUT2D eigenvalue weighted by Gasteiger charge is -2.28. The second-order valence-electron chi connectivity index (χ2n) is 4.48. The molecular formula is C14H22N2O3. The largest absolute Gasteiger partial charge is 0.490 e. The molecule has 0 bridgehead atoms. The lowest BCUT2D eigenvalue weighted by Crippen LogP contribution is -2.44. The van der Waals surface area contributed by atoms with E-state index in [0.29, 0.717) is 24.6 Å². The summed E-state index contributed by atoms with van der Waals surface area (Å²) in [5.74, 6) is 0.893. The third-order valence-corrected chi connectivity index (χ3v) is 2.85. The zero-order valence-electron chi connectivity index (χ0n) is 12.0. The number of hydrogen-bond acceptors (Lipinski definition) is 5. The molecule has 0 fully saturated rings. The summed E-state index contributed by atoms with van der Waals surface area (Å²) in [6, 6.07) is 3.62. The number of carbonyl (C=O) groups is 1. The van der Waals surface area contributed by atoms with E-state index in [2.05, 4.69) is 10.3 Å². The minimum atomic E-state index is -0.802. The predicted octanol–water partition coefficient (Wildman–Crippen LogP) is 2.62. The molecule has 0 saturated heterocycles. The first kappa shape index (κ1) is 15.3. The van der Waals surface area contributed by atoms with Gasteiger partial charge < -0.3 is 14.8 Å². The van der Waals surface area contributed by atoms with Crippen molar-refractivity contribution in [2.24, 2.45) is 0 Å². The maximum Gasteiger partial charge on any atom is 0.331 e. The zero-order valence-corrected chi connectivity index (χ0v) is 12.0. The average Bonchev–Trinajstić information content (AvgIpc) is 2.40. The molecule has 0 aliphatic heterocycles. The maximum absolute atomic E-state index is 11.9. The predicted molar refractivity (Wildman–Crippen MR) is 74.4 cm³/mol. The van der Waals surface area contributed by atoms with Crippen LogP contribution in [0.15, 0.2) is 18.3 Å². The second kappa shape index (κ2) is 6.97. The molecule has 1 rings (SSSR count). The second-order valence-corrected chi connectivity index (χ2v) is 4.48. The van der Waals surface area contributed by atoms with Gasteiger partial charge in [0.1, 0.15) is 5.54 Å². The van der Waals surface area contributed by atoms with Crippen LogP contribution in [0.25, 0.3) is 0 Å². The highest BCUT2D eigenvalue weighted by Crippen LogP contribution is 2.27. The van der Waals surface area contributed by atoms with Crippen LogP contribution in [0.2, 0.25) is 0 Å². The standard InChI is InChI=1S/C14H22N2O3/c1-5-9-14(3,13(17)18-4)16-12-11(19-6-2)8-7-10-15-12/h7-8,10H,5-6,9H2,1-4H3,(H,15,16). The van der Waals surface area contributed by atoms with Crippen LogP contribution in [-0.2, 0) is 9.53 Å². The van der Waals surface area contributed by atoms with E-state index in [4.69, 9.17) is 9.47 Å². The number of methoxy groups -OCH3 is 1. The molecule has 0 aromatic carbocycles. The van der Waals surface area contributed by atoms with Crippen LogP contribution >= 0.6 is 0 Å². The van der Waals surface area contributed by atoms with Crippen LogP contribution in [0.5, 0.6) is 5.75 Å². The van der Waals surface area contributed by atoms with Gasteiger partial charge in [-0.3, -0.25) is 0 Å². The molecular weight excluding hydrogens is 244 g/mol. The summed E-state index contributed by atoms with van der Waals surface area (Å²) in [5.41, 5.74) is -0.802. The Hall–Kier alpha value is -1.78. The lowest BCUT2D eigenvalue weighted by atomic mass is 9.96. The van der Waals surface area contributed by atoms with Crippen molar-refractivity contribution < 1.29 is 14.3 Å². The zero-order chi connectivity index (χ0) is 14.3. The summed E-state index contributed by atoms with van der Waals surface area (Å²) in [7, 11) is 1.39. The quantitative estimate of drug-likeness (QED) is 0.769. The lowest BCUT2D eigenvalue weighted by molar-refractivity contribution is -0.145. The highest BCUT2D eigenvalue weighted by atomic mass is 16.5. The SMILES string of the molecule is CCCC(C)(Nc1ncccc1OCC)C(=O)OC. The molecule has 0 spiro atoms.